The van der Waals surface area contributed by atoms with Gasteiger partial charge in [0.2, 0.25) is 5.91 Å². The van der Waals surface area contributed by atoms with E-state index in [2.05, 4.69) is 22.0 Å². The van der Waals surface area contributed by atoms with E-state index in [1.54, 1.807) is 12.1 Å². The van der Waals surface area contributed by atoms with Crippen LogP contribution >= 0.6 is 11.8 Å². The van der Waals surface area contributed by atoms with Crippen molar-refractivity contribution in [1.82, 2.24) is 24.6 Å². The summed E-state index contributed by atoms with van der Waals surface area (Å²) in [5.41, 5.74) is 1.72. The zero-order valence-corrected chi connectivity index (χ0v) is 21.5. The van der Waals surface area contributed by atoms with Gasteiger partial charge < -0.3 is 4.90 Å². The molecule has 2 atom stereocenters. The summed E-state index contributed by atoms with van der Waals surface area (Å²) < 4.78 is 15.8. The Bertz CT molecular complexity index is 1090. The van der Waals surface area contributed by atoms with E-state index in [-0.39, 0.29) is 17.8 Å². The first kappa shape index (κ1) is 25.4. The number of likely N-dealkylation sites (N-methyl/N-ethyl adjacent to an activating group) is 1. The lowest BCUT2D eigenvalue weighted by Crippen LogP contribution is -2.34. The minimum absolute atomic E-state index is 0.0467. The number of hydrogen-bond donors (Lipinski definition) is 0. The monoisotopic (exact) mass is 495 g/mol. The average molecular weight is 496 g/mol. The number of rotatable bonds is 9. The van der Waals surface area contributed by atoms with Crippen LogP contribution in [0.2, 0.25) is 0 Å². The van der Waals surface area contributed by atoms with Crippen LogP contribution in [0.1, 0.15) is 62.7 Å². The van der Waals surface area contributed by atoms with Crippen molar-refractivity contribution in [2.24, 2.45) is 0 Å². The Balaban J connectivity index is 1.76. The van der Waals surface area contributed by atoms with E-state index in [0.717, 1.165) is 30.2 Å². The molecule has 4 rings (SSSR count). The van der Waals surface area contributed by atoms with Crippen LogP contribution in [0.15, 0.2) is 59.8 Å². The molecule has 1 aromatic heterocycles. The molecule has 35 heavy (non-hydrogen) atoms. The van der Waals surface area contributed by atoms with Crippen LogP contribution in [0.4, 0.5) is 4.39 Å². The standard InChI is InChI=1S/C27H34FN5OS/c1-4-31(5-2)26(34)24(21-12-8-6-9-13-21)35-27-30-29-25(20(3)32-18-10-7-11-19-32)33(27)23-16-14-22(28)15-17-23/h6,8-9,12-17,20,24H,4-5,7,10-11,18-19H2,1-3H3/t20-,24+/m0/s1. The van der Waals surface area contributed by atoms with Crippen molar-refractivity contribution in [2.45, 2.75) is 56.5 Å². The second-order valence-corrected chi connectivity index (χ2v) is 9.92. The van der Waals surface area contributed by atoms with E-state index < -0.39 is 5.25 Å². The van der Waals surface area contributed by atoms with Crippen LogP contribution in [0.5, 0.6) is 0 Å². The highest BCUT2D eigenvalue weighted by Crippen LogP contribution is 2.38. The number of aromatic nitrogens is 3. The summed E-state index contributed by atoms with van der Waals surface area (Å²) >= 11 is 1.41. The number of likely N-dealkylation sites (tertiary alicyclic amines) is 1. The van der Waals surface area contributed by atoms with Crippen molar-refractivity contribution in [3.63, 3.8) is 0 Å². The molecule has 2 heterocycles. The highest BCUT2D eigenvalue weighted by atomic mass is 32.2. The Morgan fingerprint density at radius 1 is 1.00 bits per heavy atom. The third-order valence-electron chi connectivity index (χ3n) is 6.68. The Kier molecular flexibility index (Phi) is 8.57. The zero-order valence-electron chi connectivity index (χ0n) is 20.7. The number of carbonyl (C=O) groups excluding carboxylic acids is 1. The average Bonchev–Trinajstić information content (AvgIpc) is 3.32. The van der Waals surface area contributed by atoms with Crippen LogP contribution in [0.25, 0.3) is 5.69 Å². The second kappa shape index (κ2) is 11.8. The van der Waals surface area contributed by atoms with Gasteiger partial charge in [-0.15, -0.1) is 10.2 Å². The molecule has 1 fully saturated rings. The molecule has 0 unspecified atom stereocenters. The first-order chi connectivity index (χ1) is 17.0. The molecule has 1 aliphatic rings. The molecule has 0 N–H and O–H groups in total. The van der Waals surface area contributed by atoms with Gasteiger partial charge in [0.05, 0.1) is 6.04 Å². The molecular formula is C27H34FN5OS. The highest BCUT2D eigenvalue weighted by Gasteiger charge is 2.31. The highest BCUT2D eigenvalue weighted by molar-refractivity contribution is 8.00. The molecule has 8 heteroatoms. The number of nitrogens with zero attached hydrogens (tertiary/aromatic N) is 5. The second-order valence-electron chi connectivity index (χ2n) is 8.84. The van der Waals surface area contributed by atoms with Gasteiger partial charge >= 0.3 is 0 Å². The maximum atomic E-state index is 13.8. The fourth-order valence-corrected chi connectivity index (χ4v) is 5.77. The molecule has 2 aromatic carbocycles. The summed E-state index contributed by atoms with van der Waals surface area (Å²) in [6, 6.07) is 16.3. The zero-order chi connectivity index (χ0) is 24.8. The predicted octanol–water partition coefficient (Wildman–Crippen LogP) is 5.66. The van der Waals surface area contributed by atoms with Crippen molar-refractivity contribution in [3.8, 4) is 5.69 Å². The summed E-state index contributed by atoms with van der Waals surface area (Å²) in [6.45, 7) is 9.46. The van der Waals surface area contributed by atoms with Crippen LogP contribution in [0.3, 0.4) is 0 Å². The summed E-state index contributed by atoms with van der Waals surface area (Å²) in [6.07, 6.45) is 3.59. The Labute approximate surface area is 211 Å². The van der Waals surface area contributed by atoms with Gasteiger partial charge in [0.15, 0.2) is 11.0 Å². The van der Waals surface area contributed by atoms with Crippen molar-refractivity contribution in [3.05, 3.63) is 71.8 Å². The third-order valence-corrected chi connectivity index (χ3v) is 7.86. The quantitative estimate of drug-likeness (QED) is 0.359. The molecule has 6 nitrogen and oxygen atoms in total. The van der Waals surface area contributed by atoms with Crippen molar-refractivity contribution < 1.29 is 9.18 Å². The van der Waals surface area contributed by atoms with Gasteiger partial charge in [-0.25, -0.2) is 4.39 Å². The van der Waals surface area contributed by atoms with Crippen LogP contribution in [-0.4, -0.2) is 56.7 Å². The SMILES string of the molecule is CCN(CC)C(=O)[C@H](Sc1nnc([C@H](C)N2CCCCC2)n1-c1ccc(F)cc1)c1ccccc1. The smallest absolute Gasteiger partial charge is 0.240 e. The topological polar surface area (TPSA) is 54.3 Å². The van der Waals surface area contributed by atoms with Gasteiger partial charge in [0.25, 0.3) is 0 Å². The minimum Gasteiger partial charge on any atom is -0.342 e. The van der Waals surface area contributed by atoms with Crippen LogP contribution < -0.4 is 0 Å². The normalized spacial score (nSPS) is 16.1. The van der Waals surface area contributed by atoms with E-state index in [0.29, 0.717) is 18.2 Å². The van der Waals surface area contributed by atoms with Gasteiger partial charge in [-0.3, -0.25) is 14.3 Å². The first-order valence-corrected chi connectivity index (χ1v) is 13.4. The summed E-state index contributed by atoms with van der Waals surface area (Å²) in [5.74, 6) is 0.564. The molecule has 3 aromatic rings. The van der Waals surface area contributed by atoms with E-state index in [9.17, 15) is 9.18 Å². The summed E-state index contributed by atoms with van der Waals surface area (Å²) in [5, 5.41) is 9.36. The van der Waals surface area contributed by atoms with E-state index >= 15 is 0 Å². The minimum atomic E-state index is -0.461. The van der Waals surface area contributed by atoms with Crippen LogP contribution in [-0.2, 0) is 4.79 Å². The fraction of sp³-hybridized carbons (Fsp3) is 0.444. The lowest BCUT2D eigenvalue weighted by Gasteiger charge is -2.32. The first-order valence-electron chi connectivity index (χ1n) is 12.5. The Morgan fingerprint density at radius 2 is 1.66 bits per heavy atom. The van der Waals surface area contributed by atoms with Gasteiger partial charge in [0, 0.05) is 18.8 Å². The molecule has 0 radical (unpaired) electrons. The lowest BCUT2D eigenvalue weighted by molar-refractivity contribution is -0.130. The van der Waals surface area contributed by atoms with Crippen LogP contribution in [0, 0.1) is 5.82 Å². The van der Waals surface area contributed by atoms with Gasteiger partial charge in [-0.2, -0.15) is 0 Å². The van der Waals surface area contributed by atoms with E-state index in [1.807, 2.05) is 53.6 Å². The molecule has 0 spiro atoms. The van der Waals surface area contributed by atoms with E-state index in [4.69, 9.17) is 0 Å². The van der Waals surface area contributed by atoms with Crippen molar-refractivity contribution in [1.29, 1.82) is 0 Å². The molecule has 0 saturated carbocycles. The number of thioether (sulfide) groups is 1. The lowest BCUT2D eigenvalue weighted by atomic mass is 10.1. The summed E-state index contributed by atoms with van der Waals surface area (Å²) in [4.78, 5) is 17.9. The number of halogens is 1. The van der Waals surface area contributed by atoms with Crippen molar-refractivity contribution >= 4 is 17.7 Å². The van der Waals surface area contributed by atoms with Crippen molar-refractivity contribution in [2.75, 3.05) is 26.2 Å². The summed E-state index contributed by atoms with van der Waals surface area (Å²) in [7, 11) is 0. The number of hydrogen-bond acceptors (Lipinski definition) is 5. The molecule has 0 bridgehead atoms. The maximum Gasteiger partial charge on any atom is 0.240 e. The Hall–Kier alpha value is -2.71. The van der Waals surface area contributed by atoms with Gasteiger partial charge in [-0.1, -0.05) is 48.5 Å². The van der Waals surface area contributed by atoms with E-state index in [1.165, 1.54) is 43.2 Å². The van der Waals surface area contributed by atoms with Gasteiger partial charge in [-0.05, 0) is 76.5 Å². The van der Waals surface area contributed by atoms with Gasteiger partial charge in [0.1, 0.15) is 11.1 Å². The molecule has 0 aliphatic carbocycles. The largest absolute Gasteiger partial charge is 0.342 e. The molecule has 186 valence electrons. The predicted molar refractivity (Wildman–Crippen MR) is 138 cm³/mol. The number of piperidine rings is 1. The molecule has 1 saturated heterocycles. The Morgan fingerprint density at radius 3 is 2.29 bits per heavy atom. The number of benzene rings is 2. The molecule has 1 amide bonds. The third kappa shape index (κ3) is 5.76. The maximum absolute atomic E-state index is 13.8. The molecule has 1 aliphatic heterocycles. The fourth-order valence-electron chi connectivity index (χ4n) is 4.63. The number of carbonyl (C=O) groups is 1. The number of amides is 1. The molecular weight excluding hydrogens is 461 g/mol.